The molecule has 5 heteroatoms. The van der Waals surface area contributed by atoms with E-state index in [1.165, 1.54) is 11.3 Å². The third kappa shape index (κ3) is 3.70. The van der Waals surface area contributed by atoms with Gasteiger partial charge in [0, 0.05) is 49.0 Å². The van der Waals surface area contributed by atoms with Crippen LogP contribution in [0.4, 0.5) is 5.69 Å². The third-order valence-corrected chi connectivity index (χ3v) is 4.99. The molecule has 25 heavy (non-hydrogen) atoms. The normalized spacial score (nSPS) is 15.5. The van der Waals surface area contributed by atoms with Gasteiger partial charge in [-0.3, -0.25) is 10.00 Å². The predicted octanol–water partition coefficient (Wildman–Crippen LogP) is 4.05. The molecule has 0 bridgehead atoms. The largest absolute Gasteiger partial charge is 0.369 e. The Morgan fingerprint density at radius 2 is 1.64 bits per heavy atom. The summed E-state index contributed by atoms with van der Waals surface area (Å²) in [5.74, 6) is 0. The van der Waals surface area contributed by atoms with Crippen LogP contribution in [-0.4, -0.2) is 41.3 Å². The van der Waals surface area contributed by atoms with Gasteiger partial charge in [-0.05, 0) is 29.8 Å². The molecular formula is C20H21ClN4. The van der Waals surface area contributed by atoms with Gasteiger partial charge in [0.15, 0.2) is 0 Å². The van der Waals surface area contributed by atoms with Gasteiger partial charge in [0.25, 0.3) is 0 Å². The molecule has 0 amide bonds. The molecule has 1 fully saturated rings. The van der Waals surface area contributed by atoms with Crippen LogP contribution in [-0.2, 0) is 6.54 Å². The fourth-order valence-corrected chi connectivity index (χ4v) is 3.47. The Morgan fingerprint density at radius 3 is 2.36 bits per heavy atom. The summed E-state index contributed by atoms with van der Waals surface area (Å²) in [4.78, 5) is 4.94. The van der Waals surface area contributed by atoms with Crippen LogP contribution in [0, 0.1) is 0 Å². The lowest BCUT2D eigenvalue weighted by molar-refractivity contribution is 0.250. The van der Waals surface area contributed by atoms with Crippen molar-refractivity contribution >= 4 is 17.3 Å². The van der Waals surface area contributed by atoms with E-state index in [1.54, 1.807) is 0 Å². The fraction of sp³-hybridized carbons (Fsp3) is 0.250. The molecule has 2 heterocycles. The number of hydrogen-bond acceptors (Lipinski definition) is 3. The molecule has 1 aromatic heterocycles. The van der Waals surface area contributed by atoms with Crippen molar-refractivity contribution in [1.29, 1.82) is 0 Å². The molecule has 1 N–H and O–H groups in total. The number of rotatable bonds is 4. The fourth-order valence-electron chi connectivity index (χ4n) is 3.34. The van der Waals surface area contributed by atoms with E-state index in [4.69, 9.17) is 11.6 Å². The SMILES string of the molecule is Clc1ccc(-c2[nH]ncc2CN2CCN(c3ccccc3)CC2)cc1. The zero-order valence-electron chi connectivity index (χ0n) is 14.0. The lowest BCUT2D eigenvalue weighted by Gasteiger charge is -2.36. The van der Waals surface area contributed by atoms with Crippen LogP contribution in [0.3, 0.4) is 0 Å². The summed E-state index contributed by atoms with van der Waals surface area (Å²) >= 11 is 5.99. The highest BCUT2D eigenvalue weighted by atomic mass is 35.5. The first-order chi connectivity index (χ1) is 12.3. The van der Waals surface area contributed by atoms with Crippen LogP contribution in [0.5, 0.6) is 0 Å². The number of para-hydroxylation sites is 1. The van der Waals surface area contributed by atoms with Gasteiger partial charge in [-0.15, -0.1) is 0 Å². The summed E-state index contributed by atoms with van der Waals surface area (Å²) in [6.07, 6.45) is 1.94. The first-order valence-corrected chi connectivity index (χ1v) is 8.98. The van der Waals surface area contributed by atoms with E-state index < -0.39 is 0 Å². The molecule has 1 aliphatic rings. The maximum Gasteiger partial charge on any atom is 0.0695 e. The second-order valence-electron chi connectivity index (χ2n) is 6.38. The molecule has 0 aliphatic carbocycles. The lowest BCUT2D eigenvalue weighted by atomic mass is 10.1. The molecule has 3 aromatic rings. The maximum absolute atomic E-state index is 5.99. The van der Waals surface area contributed by atoms with E-state index in [0.717, 1.165) is 49.0 Å². The van der Waals surface area contributed by atoms with Crippen LogP contribution in [0.15, 0.2) is 60.8 Å². The highest BCUT2D eigenvalue weighted by Gasteiger charge is 2.19. The van der Waals surface area contributed by atoms with Crippen LogP contribution >= 0.6 is 11.6 Å². The molecule has 4 rings (SSSR count). The molecule has 0 unspecified atom stereocenters. The van der Waals surface area contributed by atoms with Crippen molar-refractivity contribution in [3.8, 4) is 11.3 Å². The molecule has 0 radical (unpaired) electrons. The van der Waals surface area contributed by atoms with Crippen molar-refractivity contribution in [3.05, 3.63) is 71.4 Å². The Balaban J connectivity index is 1.41. The number of anilines is 1. The van der Waals surface area contributed by atoms with E-state index in [2.05, 4.69) is 50.3 Å². The van der Waals surface area contributed by atoms with Gasteiger partial charge in [0.05, 0.1) is 11.9 Å². The Kier molecular flexibility index (Phi) is 4.72. The van der Waals surface area contributed by atoms with Crippen LogP contribution < -0.4 is 4.90 Å². The van der Waals surface area contributed by atoms with Gasteiger partial charge in [0.2, 0.25) is 0 Å². The second kappa shape index (κ2) is 7.30. The predicted molar refractivity (Wildman–Crippen MR) is 103 cm³/mol. The zero-order chi connectivity index (χ0) is 17.1. The first-order valence-electron chi connectivity index (χ1n) is 8.60. The number of halogens is 1. The minimum absolute atomic E-state index is 0.752. The molecule has 0 spiro atoms. The summed E-state index contributed by atoms with van der Waals surface area (Å²) in [6, 6.07) is 18.5. The quantitative estimate of drug-likeness (QED) is 0.769. The van der Waals surface area contributed by atoms with Gasteiger partial charge in [-0.25, -0.2) is 0 Å². The lowest BCUT2D eigenvalue weighted by Crippen LogP contribution is -2.45. The number of nitrogens with zero attached hydrogens (tertiary/aromatic N) is 3. The molecule has 0 saturated carbocycles. The van der Waals surface area contributed by atoms with Gasteiger partial charge < -0.3 is 4.90 Å². The molecule has 2 aromatic carbocycles. The molecule has 4 nitrogen and oxygen atoms in total. The van der Waals surface area contributed by atoms with Gasteiger partial charge >= 0.3 is 0 Å². The Hall–Kier alpha value is -2.30. The Morgan fingerprint density at radius 1 is 0.920 bits per heavy atom. The average molecular weight is 353 g/mol. The molecule has 128 valence electrons. The van der Waals surface area contributed by atoms with Crippen molar-refractivity contribution in [3.63, 3.8) is 0 Å². The summed E-state index contributed by atoms with van der Waals surface area (Å²) < 4.78 is 0. The maximum atomic E-state index is 5.99. The van der Waals surface area contributed by atoms with Crippen molar-refractivity contribution in [1.82, 2.24) is 15.1 Å². The van der Waals surface area contributed by atoms with Gasteiger partial charge in [0.1, 0.15) is 0 Å². The molecule has 1 aliphatic heterocycles. The van der Waals surface area contributed by atoms with E-state index in [0.29, 0.717) is 0 Å². The highest BCUT2D eigenvalue weighted by molar-refractivity contribution is 6.30. The minimum atomic E-state index is 0.752. The second-order valence-corrected chi connectivity index (χ2v) is 6.81. The molecule has 1 saturated heterocycles. The van der Waals surface area contributed by atoms with E-state index in [-0.39, 0.29) is 0 Å². The highest BCUT2D eigenvalue weighted by Crippen LogP contribution is 2.24. The number of H-pyrrole nitrogens is 1. The van der Waals surface area contributed by atoms with Gasteiger partial charge in [-0.2, -0.15) is 5.10 Å². The van der Waals surface area contributed by atoms with Crippen LogP contribution in [0.2, 0.25) is 5.02 Å². The van der Waals surface area contributed by atoms with Crippen LogP contribution in [0.25, 0.3) is 11.3 Å². The van der Waals surface area contributed by atoms with Gasteiger partial charge in [-0.1, -0.05) is 41.9 Å². The van der Waals surface area contributed by atoms with Crippen molar-refractivity contribution in [2.75, 3.05) is 31.1 Å². The summed E-state index contributed by atoms with van der Waals surface area (Å²) in [6.45, 7) is 5.13. The van der Waals surface area contributed by atoms with Crippen molar-refractivity contribution in [2.45, 2.75) is 6.54 Å². The topological polar surface area (TPSA) is 35.2 Å². The number of piperazine rings is 1. The number of aromatic amines is 1. The smallest absolute Gasteiger partial charge is 0.0695 e. The minimum Gasteiger partial charge on any atom is -0.369 e. The van der Waals surface area contributed by atoms with Crippen LogP contribution in [0.1, 0.15) is 5.56 Å². The number of nitrogens with one attached hydrogen (secondary N) is 1. The van der Waals surface area contributed by atoms with E-state index in [1.807, 2.05) is 30.5 Å². The van der Waals surface area contributed by atoms with Crippen molar-refractivity contribution < 1.29 is 0 Å². The zero-order valence-corrected chi connectivity index (χ0v) is 14.8. The van der Waals surface area contributed by atoms with Crippen molar-refractivity contribution in [2.24, 2.45) is 0 Å². The third-order valence-electron chi connectivity index (χ3n) is 4.74. The summed E-state index contributed by atoms with van der Waals surface area (Å²) in [7, 11) is 0. The monoisotopic (exact) mass is 352 g/mol. The van der Waals surface area contributed by atoms with E-state index >= 15 is 0 Å². The number of benzene rings is 2. The summed E-state index contributed by atoms with van der Waals surface area (Å²) in [5, 5.41) is 8.14. The number of aromatic nitrogens is 2. The number of hydrogen-bond donors (Lipinski definition) is 1. The Labute approximate surface area is 153 Å². The summed E-state index contributed by atoms with van der Waals surface area (Å²) in [5.41, 5.74) is 4.75. The average Bonchev–Trinajstić information content (AvgIpc) is 3.12. The first kappa shape index (κ1) is 16.2. The standard InChI is InChI=1S/C20H21ClN4/c21-18-8-6-16(7-9-18)20-17(14-22-23-20)15-24-10-12-25(13-11-24)19-4-2-1-3-5-19/h1-9,14H,10-13,15H2,(H,22,23). The Bertz CT molecular complexity index is 805. The molecular weight excluding hydrogens is 332 g/mol. The molecule has 0 atom stereocenters. The van der Waals surface area contributed by atoms with E-state index in [9.17, 15) is 0 Å².